The van der Waals surface area contributed by atoms with E-state index in [-0.39, 0.29) is 37.7 Å². The Hall–Kier alpha value is -2.65. The van der Waals surface area contributed by atoms with Crippen molar-refractivity contribution in [2.75, 3.05) is 23.7 Å². The minimum absolute atomic E-state index is 0.0240. The molecule has 34 heavy (non-hydrogen) atoms. The van der Waals surface area contributed by atoms with E-state index in [4.69, 9.17) is 11.6 Å². The molecule has 7 nitrogen and oxygen atoms in total. The number of hydrogen-bond acceptors (Lipinski definition) is 4. The lowest BCUT2D eigenvalue weighted by molar-refractivity contribution is -0.140. The lowest BCUT2D eigenvalue weighted by Gasteiger charge is -2.29. The fourth-order valence-electron chi connectivity index (χ4n) is 3.56. The Morgan fingerprint density at radius 2 is 1.82 bits per heavy atom. The largest absolute Gasteiger partial charge is 0.355 e. The van der Waals surface area contributed by atoms with Crippen molar-refractivity contribution in [3.8, 4) is 0 Å². The number of anilines is 1. The lowest BCUT2D eigenvalue weighted by Crippen LogP contribution is -2.47. The quantitative estimate of drug-likeness (QED) is 0.496. The second-order valence-corrected chi connectivity index (χ2v) is 10.3. The van der Waals surface area contributed by atoms with Crippen molar-refractivity contribution in [1.29, 1.82) is 0 Å². The van der Waals surface area contributed by atoms with Crippen molar-refractivity contribution < 1.29 is 22.4 Å². The van der Waals surface area contributed by atoms with E-state index in [0.717, 1.165) is 6.26 Å². The molecule has 0 aliphatic heterocycles. The summed E-state index contributed by atoms with van der Waals surface area (Å²) in [6.45, 7) is 5.45. The molecule has 0 aliphatic carbocycles. The number of benzene rings is 2. The molecule has 0 heterocycles. The van der Waals surface area contributed by atoms with E-state index in [9.17, 15) is 22.4 Å². The van der Waals surface area contributed by atoms with Gasteiger partial charge in [0, 0.05) is 36.6 Å². The summed E-state index contributed by atoms with van der Waals surface area (Å²) in [6.07, 6.45) is 1.27. The smallest absolute Gasteiger partial charge is 0.242 e. The van der Waals surface area contributed by atoms with Gasteiger partial charge in [0.2, 0.25) is 21.8 Å². The first-order valence-corrected chi connectivity index (χ1v) is 13.2. The summed E-state index contributed by atoms with van der Waals surface area (Å²) in [5.74, 6) is -1.19. The van der Waals surface area contributed by atoms with Crippen LogP contribution < -0.4 is 9.62 Å². The molecule has 0 saturated carbocycles. The van der Waals surface area contributed by atoms with Gasteiger partial charge < -0.3 is 10.2 Å². The summed E-state index contributed by atoms with van der Waals surface area (Å²) in [6, 6.07) is 10.2. The van der Waals surface area contributed by atoms with Gasteiger partial charge in [-0.15, -0.1) is 0 Å². The van der Waals surface area contributed by atoms with Crippen LogP contribution in [0.5, 0.6) is 0 Å². The summed E-state index contributed by atoms with van der Waals surface area (Å²) in [4.78, 5) is 26.9. The molecule has 0 radical (unpaired) electrons. The molecular weight excluding hydrogens is 481 g/mol. The molecule has 0 aliphatic rings. The van der Waals surface area contributed by atoms with Crippen LogP contribution in [-0.4, -0.2) is 50.5 Å². The Labute approximate surface area is 205 Å². The number of nitrogens with zero attached hydrogens (tertiary/aromatic N) is 2. The highest BCUT2D eigenvalue weighted by Crippen LogP contribution is 2.28. The van der Waals surface area contributed by atoms with Crippen LogP contribution in [0.15, 0.2) is 42.5 Å². The molecule has 0 fully saturated rings. The Kier molecular flexibility index (Phi) is 9.88. The van der Waals surface area contributed by atoms with E-state index in [1.54, 1.807) is 57.2 Å². The van der Waals surface area contributed by atoms with Crippen molar-refractivity contribution in [2.45, 2.75) is 46.2 Å². The molecule has 0 saturated heterocycles. The third-order valence-corrected chi connectivity index (χ3v) is 7.07. The first kappa shape index (κ1) is 27.6. The van der Waals surface area contributed by atoms with Crippen LogP contribution in [0.2, 0.25) is 5.02 Å². The van der Waals surface area contributed by atoms with Gasteiger partial charge in [0.05, 0.1) is 11.9 Å². The van der Waals surface area contributed by atoms with Crippen LogP contribution in [-0.2, 0) is 26.2 Å². The van der Waals surface area contributed by atoms with Gasteiger partial charge in [-0.1, -0.05) is 35.9 Å². The molecule has 2 aromatic rings. The van der Waals surface area contributed by atoms with Gasteiger partial charge in [0.25, 0.3) is 0 Å². The monoisotopic (exact) mass is 511 g/mol. The zero-order valence-electron chi connectivity index (χ0n) is 19.8. The van der Waals surface area contributed by atoms with Crippen molar-refractivity contribution >= 4 is 39.1 Å². The molecule has 10 heteroatoms. The summed E-state index contributed by atoms with van der Waals surface area (Å²) in [7, 11) is -3.63. The van der Waals surface area contributed by atoms with E-state index in [2.05, 4.69) is 5.32 Å². The maximum Gasteiger partial charge on any atom is 0.242 e. The zero-order valence-corrected chi connectivity index (χ0v) is 21.4. The average molecular weight is 512 g/mol. The van der Waals surface area contributed by atoms with Gasteiger partial charge in [0.15, 0.2) is 0 Å². The number of amides is 2. The van der Waals surface area contributed by atoms with Crippen molar-refractivity contribution in [2.24, 2.45) is 0 Å². The Balaban J connectivity index is 2.20. The molecular formula is C24H31ClFN3O4S. The minimum Gasteiger partial charge on any atom is -0.355 e. The third kappa shape index (κ3) is 7.17. The fraction of sp³-hybridized carbons (Fsp3) is 0.417. The molecule has 0 unspecified atom stereocenters. The molecule has 1 N–H and O–H groups in total. The maximum atomic E-state index is 14.3. The molecule has 0 aromatic heterocycles. The van der Waals surface area contributed by atoms with Crippen LogP contribution in [0.4, 0.5) is 10.1 Å². The highest BCUT2D eigenvalue weighted by Gasteiger charge is 2.27. The van der Waals surface area contributed by atoms with E-state index < -0.39 is 21.9 Å². The first-order valence-electron chi connectivity index (χ1n) is 11.0. The number of nitrogens with one attached hydrogen (secondary N) is 1. The molecule has 2 amide bonds. The van der Waals surface area contributed by atoms with Crippen LogP contribution in [0.3, 0.4) is 0 Å². The third-order valence-electron chi connectivity index (χ3n) is 5.48. The van der Waals surface area contributed by atoms with Gasteiger partial charge in [-0.3, -0.25) is 13.9 Å². The van der Waals surface area contributed by atoms with E-state index in [0.29, 0.717) is 28.4 Å². The topological polar surface area (TPSA) is 86.8 Å². The van der Waals surface area contributed by atoms with E-state index in [1.807, 2.05) is 0 Å². The van der Waals surface area contributed by atoms with Gasteiger partial charge in [-0.05, 0) is 51.0 Å². The number of rotatable bonds is 11. The van der Waals surface area contributed by atoms with Gasteiger partial charge >= 0.3 is 0 Å². The zero-order chi connectivity index (χ0) is 25.5. The lowest BCUT2D eigenvalue weighted by atomic mass is 10.1. The standard InChI is InChI=1S/C24H31ClFN3O4S/c1-5-27-24(31)18(3)28(16-19-10-6-7-12-21(19)26)23(30)14-9-15-29(34(4,32)33)22-13-8-11-20(25)17(22)2/h6-8,10-13,18H,5,9,14-16H2,1-4H3,(H,27,31)/t18-/m1/s1. The number of sulfonamides is 1. The number of carbonyl (C=O) groups excluding carboxylic acids is 2. The maximum absolute atomic E-state index is 14.3. The molecule has 186 valence electrons. The highest BCUT2D eigenvalue weighted by atomic mass is 35.5. The average Bonchev–Trinajstić information content (AvgIpc) is 2.77. The highest BCUT2D eigenvalue weighted by molar-refractivity contribution is 7.92. The van der Waals surface area contributed by atoms with E-state index in [1.165, 1.54) is 15.3 Å². The van der Waals surface area contributed by atoms with Gasteiger partial charge in [-0.2, -0.15) is 0 Å². The predicted molar refractivity (Wildman–Crippen MR) is 133 cm³/mol. The molecule has 2 rings (SSSR count). The summed E-state index contributed by atoms with van der Waals surface area (Å²) in [5, 5.41) is 3.12. The fourth-order valence-corrected chi connectivity index (χ4v) is 4.75. The van der Waals surface area contributed by atoms with Crippen molar-refractivity contribution in [1.82, 2.24) is 10.2 Å². The summed E-state index contributed by atoms with van der Waals surface area (Å²) < 4.78 is 40.4. The van der Waals surface area contributed by atoms with Crippen molar-refractivity contribution in [3.63, 3.8) is 0 Å². The Bertz CT molecular complexity index is 1130. The molecule has 0 bridgehead atoms. The normalized spacial score (nSPS) is 12.2. The second-order valence-electron chi connectivity index (χ2n) is 8.01. The molecule has 0 spiro atoms. The predicted octanol–water partition coefficient (Wildman–Crippen LogP) is 3.89. The van der Waals surface area contributed by atoms with Crippen molar-refractivity contribution in [3.05, 3.63) is 64.4 Å². The Morgan fingerprint density at radius 1 is 1.15 bits per heavy atom. The SMILES string of the molecule is CCNC(=O)[C@@H](C)N(Cc1ccccc1F)C(=O)CCCN(c1cccc(Cl)c1C)S(C)(=O)=O. The molecule has 1 atom stereocenters. The Morgan fingerprint density at radius 3 is 2.44 bits per heavy atom. The van der Waals surface area contributed by atoms with Crippen LogP contribution in [0, 0.1) is 12.7 Å². The van der Waals surface area contributed by atoms with Gasteiger partial charge in [0.1, 0.15) is 11.9 Å². The number of hydrogen-bond donors (Lipinski definition) is 1. The van der Waals surface area contributed by atoms with Gasteiger partial charge in [-0.25, -0.2) is 12.8 Å². The number of halogens is 2. The van der Waals surface area contributed by atoms with Crippen LogP contribution in [0.1, 0.15) is 37.8 Å². The van der Waals surface area contributed by atoms with E-state index >= 15 is 0 Å². The number of likely N-dealkylation sites (N-methyl/N-ethyl adjacent to an activating group) is 1. The molecule has 2 aromatic carbocycles. The summed E-state index contributed by atoms with van der Waals surface area (Å²) >= 11 is 6.16. The second kappa shape index (κ2) is 12.2. The summed E-state index contributed by atoms with van der Waals surface area (Å²) in [5.41, 5.74) is 1.35. The number of carbonyl (C=O) groups is 2. The minimum atomic E-state index is -3.63. The van der Waals surface area contributed by atoms with Crippen LogP contribution in [0.25, 0.3) is 0 Å². The first-order chi connectivity index (χ1) is 16.0. The van der Waals surface area contributed by atoms with Crippen LogP contribution >= 0.6 is 11.6 Å².